The van der Waals surface area contributed by atoms with E-state index in [1.165, 1.54) is 4.31 Å². The SMILES string of the molecule is CC1Cc2ccccc2N1S(=O)(=O)c1ccc(-c2ccc(C=O)o2)cc1. The summed E-state index contributed by atoms with van der Waals surface area (Å²) in [7, 11) is -3.65. The summed E-state index contributed by atoms with van der Waals surface area (Å²) in [6.45, 7) is 1.91. The van der Waals surface area contributed by atoms with Crippen LogP contribution in [-0.4, -0.2) is 20.7 Å². The normalized spacial score (nSPS) is 16.5. The quantitative estimate of drug-likeness (QED) is 0.656. The molecule has 6 heteroatoms. The minimum atomic E-state index is -3.65. The molecule has 2 aromatic carbocycles. The van der Waals surface area contributed by atoms with E-state index in [0.29, 0.717) is 24.0 Å². The molecule has 0 N–H and O–H groups in total. The Morgan fingerprint density at radius 3 is 2.46 bits per heavy atom. The highest BCUT2D eigenvalue weighted by Crippen LogP contribution is 2.36. The molecule has 1 aromatic heterocycles. The molecule has 0 saturated heterocycles. The lowest BCUT2D eigenvalue weighted by Gasteiger charge is -2.24. The molecule has 0 bridgehead atoms. The van der Waals surface area contributed by atoms with Gasteiger partial charge in [0.25, 0.3) is 10.0 Å². The molecule has 0 spiro atoms. The first kappa shape index (κ1) is 16.6. The lowest BCUT2D eigenvalue weighted by Crippen LogP contribution is -2.35. The molecule has 132 valence electrons. The van der Waals surface area contributed by atoms with Crippen LogP contribution in [0.4, 0.5) is 5.69 Å². The molecule has 1 unspecified atom stereocenters. The van der Waals surface area contributed by atoms with Crippen LogP contribution in [0.25, 0.3) is 11.3 Å². The van der Waals surface area contributed by atoms with E-state index in [1.807, 2.05) is 31.2 Å². The Bertz CT molecular complexity index is 1070. The van der Waals surface area contributed by atoms with E-state index in [0.717, 1.165) is 11.3 Å². The second-order valence-corrected chi connectivity index (χ2v) is 8.14. The Morgan fingerprint density at radius 2 is 1.77 bits per heavy atom. The predicted octanol–water partition coefficient (Wildman–Crippen LogP) is 3.90. The first-order valence-corrected chi connectivity index (χ1v) is 9.72. The van der Waals surface area contributed by atoms with Crippen LogP contribution >= 0.6 is 0 Å². The molecule has 0 aliphatic carbocycles. The van der Waals surface area contributed by atoms with E-state index in [-0.39, 0.29) is 16.7 Å². The summed E-state index contributed by atoms with van der Waals surface area (Å²) in [6, 6.07) is 17.2. The topological polar surface area (TPSA) is 67.6 Å². The van der Waals surface area contributed by atoms with Gasteiger partial charge in [-0.15, -0.1) is 0 Å². The number of benzene rings is 2. The van der Waals surface area contributed by atoms with Gasteiger partial charge in [0, 0.05) is 11.6 Å². The number of sulfonamides is 1. The minimum absolute atomic E-state index is 0.128. The van der Waals surface area contributed by atoms with E-state index < -0.39 is 10.0 Å². The van der Waals surface area contributed by atoms with Gasteiger partial charge in [0.1, 0.15) is 5.76 Å². The molecule has 26 heavy (non-hydrogen) atoms. The Kier molecular flexibility index (Phi) is 3.92. The first-order chi connectivity index (χ1) is 12.5. The summed E-state index contributed by atoms with van der Waals surface area (Å²) in [4.78, 5) is 11.0. The van der Waals surface area contributed by atoms with Crippen molar-refractivity contribution in [3.05, 3.63) is 72.0 Å². The molecule has 4 rings (SSSR count). The first-order valence-electron chi connectivity index (χ1n) is 8.28. The Balaban J connectivity index is 1.69. The number of aldehydes is 1. The zero-order valence-electron chi connectivity index (χ0n) is 14.1. The van der Waals surface area contributed by atoms with Gasteiger partial charge in [-0.2, -0.15) is 0 Å². The number of carbonyl (C=O) groups excluding carboxylic acids is 1. The molecule has 3 aromatic rings. The molecule has 5 nitrogen and oxygen atoms in total. The molecule has 0 amide bonds. The van der Waals surface area contributed by atoms with Gasteiger partial charge in [-0.1, -0.05) is 18.2 Å². The van der Waals surface area contributed by atoms with Gasteiger partial charge < -0.3 is 4.42 Å². The Hall–Kier alpha value is -2.86. The van der Waals surface area contributed by atoms with Crippen molar-refractivity contribution in [1.29, 1.82) is 0 Å². The van der Waals surface area contributed by atoms with Crippen LogP contribution in [0.3, 0.4) is 0 Å². The predicted molar refractivity (Wildman–Crippen MR) is 98.8 cm³/mol. The van der Waals surface area contributed by atoms with E-state index in [1.54, 1.807) is 36.4 Å². The molecule has 0 saturated carbocycles. The van der Waals surface area contributed by atoms with Gasteiger partial charge in [0.2, 0.25) is 0 Å². The number of hydrogen-bond acceptors (Lipinski definition) is 4. The van der Waals surface area contributed by atoms with Gasteiger partial charge in [0.05, 0.1) is 10.6 Å². The molecule has 0 fully saturated rings. The summed E-state index contributed by atoms with van der Waals surface area (Å²) >= 11 is 0. The van der Waals surface area contributed by atoms with Gasteiger partial charge >= 0.3 is 0 Å². The van der Waals surface area contributed by atoms with Crippen LogP contribution in [0, 0.1) is 0 Å². The van der Waals surface area contributed by atoms with E-state index in [2.05, 4.69) is 0 Å². The highest BCUT2D eigenvalue weighted by atomic mass is 32.2. The van der Waals surface area contributed by atoms with Gasteiger partial charge in [0.15, 0.2) is 12.0 Å². The highest BCUT2D eigenvalue weighted by Gasteiger charge is 2.35. The van der Waals surface area contributed by atoms with Crippen molar-refractivity contribution in [3.63, 3.8) is 0 Å². The summed E-state index contributed by atoms with van der Waals surface area (Å²) < 4.78 is 33.2. The fourth-order valence-corrected chi connectivity index (χ4v) is 5.07. The van der Waals surface area contributed by atoms with Crippen molar-refractivity contribution in [2.24, 2.45) is 0 Å². The van der Waals surface area contributed by atoms with Crippen LogP contribution in [0.1, 0.15) is 23.0 Å². The number of carbonyl (C=O) groups is 1. The highest BCUT2D eigenvalue weighted by molar-refractivity contribution is 7.92. The van der Waals surface area contributed by atoms with Crippen molar-refractivity contribution in [2.75, 3.05) is 4.31 Å². The fourth-order valence-electron chi connectivity index (χ4n) is 3.38. The van der Waals surface area contributed by atoms with Crippen LogP contribution in [0.15, 0.2) is 70.0 Å². The fraction of sp³-hybridized carbons (Fsp3) is 0.150. The van der Waals surface area contributed by atoms with Crippen molar-refractivity contribution < 1.29 is 17.6 Å². The number of hydrogen-bond donors (Lipinski definition) is 0. The zero-order valence-corrected chi connectivity index (χ0v) is 14.9. The number of nitrogens with zero attached hydrogens (tertiary/aromatic N) is 1. The van der Waals surface area contributed by atoms with Crippen molar-refractivity contribution in [1.82, 2.24) is 0 Å². The zero-order chi connectivity index (χ0) is 18.3. The van der Waals surface area contributed by atoms with Gasteiger partial charge in [-0.3, -0.25) is 9.10 Å². The van der Waals surface area contributed by atoms with Gasteiger partial charge in [-0.05, 0) is 61.4 Å². The summed E-state index contributed by atoms with van der Waals surface area (Å²) in [5.74, 6) is 0.759. The van der Waals surface area contributed by atoms with Crippen LogP contribution in [0.5, 0.6) is 0 Å². The van der Waals surface area contributed by atoms with Crippen LogP contribution in [0.2, 0.25) is 0 Å². The molecular weight excluding hydrogens is 350 g/mol. The second kappa shape index (κ2) is 6.14. The number of anilines is 1. The number of rotatable bonds is 4. The third kappa shape index (κ3) is 2.63. The average molecular weight is 367 g/mol. The van der Waals surface area contributed by atoms with E-state index in [4.69, 9.17) is 4.42 Å². The molecule has 1 aliphatic heterocycles. The van der Waals surface area contributed by atoms with Crippen LogP contribution < -0.4 is 4.31 Å². The molecule has 0 radical (unpaired) electrons. The smallest absolute Gasteiger partial charge is 0.264 e. The van der Waals surface area contributed by atoms with Crippen LogP contribution in [-0.2, 0) is 16.4 Å². The largest absolute Gasteiger partial charge is 0.453 e. The molecular formula is C20H17NO4S. The third-order valence-electron chi connectivity index (χ3n) is 4.58. The number of fused-ring (bicyclic) bond motifs is 1. The molecule has 1 aliphatic rings. The van der Waals surface area contributed by atoms with Crippen molar-refractivity contribution in [2.45, 2.75) is 24.3 Å². The Morgan fingerprint density at radius 1 is 1.04 bits per heavy atom. The Labute approximate surface area is 151 Å². The second-order valence-electron chi connectivity index (χ2n) is 6.33. The monoisotopic (exact) mass is 367 g/mol. The summed E-state index contributed by atoms with van der Waals surface area (Å²) in [5.41, 5.74) is 2.50. The summed E-state index contributed by atoms with van der Waals surface area (Å²) in [6.07, 6.45) is 1.34. The summed E-state index contributed by atoms with van der Waals surface area (Å²) in [5, 5.41) is 0. The lowest BCUT2D eigenvalue weighted by atomic mass is 10.1. The minimum Gasteiger partial charge on any atom is -0.453 e. The lowest BCUT2D eigenvalue weighted by molar-refractivity contribution is 0.110. The third-order valence-corrected chi connectivity index (χ3v) is 6.53. The van der Waals surface area contributed by atoms with E-state index >= 15 is 0 Å². The molecule has 2 heterocycles. The van der Waals surface area contributed by atoms with Gasteiger partial charge in [-0.25, -0.2) is 8.42 Å². The standard InChI is InChI=1S/C20H17NO4S/c1-14-12-16-4-2-3-5-19(16)21(14)26(23,24)18-9-6-15(7-10-18)20-11-8-17(13-22)25-20/h2-11,13-14H,12H2,1H3. The van der Waals surface area contributed by atoms with E-state index in [9.17, 15) is 13.2 Å². The average Bonchev–Trinajstić information content (AvgIpc) is 3.25. The van der Waals surface area contributed by atoms with Crippen molar-refractivity contribution in [3.8, 4) is 11.3 Å². The number of furan rings is 1. The number of para-hydroxylation sites is 1. The molecule has 1 atom stereocenters. The maximum atomic E-state index is 13.2. The maximum absolute atomic E-state index is 13.2. The maximum Gasteiger partial charge on any atom is 0.264 e. The van der Waals surface area contributed by atoms with Crippen molar-refractivity contribution >= 4 is 22.0 Å².